The lowest BCUT2D eigenvalue weighted by atomic mass is 10.2. The molecule has 0 bridgehead atoms. The Kier molecular flexibility index (Phi) is 5.36. The lowest BCUT2D eigenvalue weighted by molar-refractivity contribution is 0.0997. The molecule has 26 heavy (non-hydrogen) atoms. The van der Waals surface area contributed by atoms with Crippen LogP contribution in [0.25, 0.3) is 10.2 Å². The molecule has 0 N–H and O–H groups in total. The number of amides is 1. The lowest BCUT2D eigenvalue weighted by Gasteiger charge is -2.02. The van der Waals surface area contributed by atoms with Gasteiger partial charge in [0, 0.05) is 23.3 Å². The summed E-state index contributed by atoms with van der Waals surface area (Å²) in [7, 11) is -3.37. The molecule has 0 spiro atoms. The summed E-state index contributed by atoms with van der Waals surface area (Å²) in [6.45, 7) is 2.69. The minimum atomic E-state index is -3.37. The maximum atomic E-state index is 12.6. The average Bonchev–Trinajstić information content (AvgIpc) is 2.96. The third-order valence-corrected chi connectivity index (χ3v) is 6.79. The maximum absolute atomic E-state index is 12.6. The third kappa shape index (κ3) is 3.77. The molecule has 5 nitrogen and oxygen atoms in total. The second kappa shape index (κ2) is 7.38. The molecule has 1 aromatic heterocycles. The number of aryl methyl sites for hydroxylation is 1. The fourth-order valence-corrected chi connectivity index (χ4v) is 4.90. The van der Waals surface area contributed by atoms with Crippen molar-refractivity contribution >= 4 is 49.1 Å². The molecule has 3 rings (SSSR count). The summed E-state index contributed by atoms with van der Waals surface area (Å²) in [5, 5.41) is 0. The first-order chi connectivity index (χ1) is 12.3. The Hall–Kier alpha value is -1.90. The molecule has 136 valence electrons. The molecule has 1 amide bonds. The zero-order valence-electron chi connectivity index (χ0n) is 14.6. The Morgan fingerprint density at radius 2 is 2.00 bits per heavy atom. The number of hydrogen-bond acceptors (Lipinski definition) is 5. The van der Waals surface area contributed by atoms with Crippen LogP contribution in [-0.4, -0.2) is 31.4 Å². The quantitative estimate of drug-likeness (QED) is 0.621. The molecular formula is C18H18N2O3S3. The highest BCUT2D eigenvalue weighted by molar-refractivity contribution is 7.98. The molecule has 0 fully saturated rings. The fourth-order valence-electron chi connectivity index (χ4n) is 2.58. The van der Waals surface area contributed by atoms with E-state index < -0.39 is 15.7 Å². The van der Waals surface area contributed by atoms with Gasteiger partial charge in [-0.15, -0.1) is 11.8 Å². The first kappa shape index (κ1) is 18.9. The molecule has 1 heterocycles. The predicted molar refractivity (Wildman–Crippen MR) is 107 cm³/mol. The van der Waals surface area contributed by atoms with Crippen molar-refractivity contribution in [2.45, 2.75) is 23.3 Å². The van der Waals surface area contributed by atoms with Crippen molar-refractivity contribution in [3.63, 3.8) is 0 Å². The van der Waals surface area contributed by atoms with E-state index in [9.17, 15) is 13.2 Å². The molecule has 0 saturated heterocycles. The van der Waals surface area contributed by atoms with Gasteiger partial charge in [-0.3, -0.25) is 4.79 Å². The lowest BCUT2D eigenvalue weighted by Crippen LogP contribution is -2.16. The van der Waals surface area contributed by atoms with Crippen LogP contribution >= 0.6 is 23.1 Å². The van der Waals surface area contributed by atoms with Crippen molar-refractivity contribution < 1.29 is 13.2 Å². The highest BCUT2D eigenvalue weighted by Crippen LogP contribution is 2.24. The number of carbonyl (C=O) groups excluding carboxylic acids is 1. The Bertz CT molecular complexity index is 1160. The van der Waals surface area contributed by atoms with Crippen LogP contribution < -0.4 is 4.80 Å². The number of nitrogens with zero attached hydrogens (tertiary/aromatic N) is 2. The summed E-state index contributed by atoms with van der Waals surface area (Å²) in [4.78, 5) is 18.7. The number of thiazole rings is 1. The van der Waals surface area contributed by atoms with Crippen LogP contribution in [0.2, 0.25) is 0 Å². The second-order valence-corrected chi connectivity index (χ2v) is 9.58. The normalized spacial score (nSPS) is 12.7. The topological polar surface area (TPSA) is 68.5 Å². The zero-order chi connectivity index (χ0) is 18.9. The van der Waals surface area contributed by atoms with Crippen molar-refractivity contribution in [1.82, 2.24) is 4.57 Å². The fraction of sp³-hybridized carbons (Fsp3) is 0.222. The van der Waals surface area contributed by atoms with Crippen LogP contribution in [0.5, 0.6) is 0 Å². The van der Waals surface area contributed by atoms with Gasteiger partial charge in [-0.1, -0.05) is 17.4 Å². The van der Waals surface area contributed by atoms with Gasteiger partial charge in [-0.25, -0.2) is 8.42 Å². The first-order valence-electron chi connectivity index (χ1n) is 7.90. The predicted octanol–water partition coefficient (Wildman–Crippen LogP) is 3.59. The van der Waals surface area contributed by atoms with Crippen LogP contribution in [0.4, 0.5) is 0 Å². The standard InChI is InChI=1S/C18H18N2O3S3/c1-4-20-15-9-8-13(24-2)11-16(15)25-18(20)19-17(21)12-6-5-7-14(10-12)26(3,22)23/h5-11H,4H2,1-3H3. The number of sulfone groups is 1. The average molecular weight is 407 g/mol. The van der Waals surface area contributed by atoms with Gasteiger partial charge in [-0.2, -0.15) is 4.99 Å². The Balaban J connectivity index is 2.11. The van der Waals surface area contributed by atoms with E-state index in [0.29, 0.717) is 11.3 Å². The minimum Gasteiger partial charge on any atom is -0.317 e. The monoisotopic (exact) mass is 406 g/mol. The van der Waals surface area contributed by atoms with Gasteiger partial charge in [0.25, 0.3) is 5.91 Å². The minimum absolute atomic E-state index is 0.114. The molecule has 3 aromatic rings. The Morgan fingerprint density at radius 3 is 2.65 bits per heavy atom. The van der Waals surface area contributed by atoms with E-state index in [1.165, 1.54) is 23.5 Å². The van der Waals surface area contributed by atoms with Crippen molar-refractivity contribution in [2.75, 3.05) is 12.5 Å². The Morgan fingerprint density at radius 1 is 1.23 bits per heavy atom. The summed E-state index contributed by atoms with van der Waals surface area (Å²) in [6.07, 6.45) is 3.14. The summed E-state index contributed by atoms with van der Waals surface area (Å²) in [6, 6.07) is 12.2. The van der Waals surface area contributed by atoms with Crippen molar-refractivity contribution in [3.05, 3.63) is 52.8 Å². The largest absolute Gasteiger partial charge is 0.317 e. The second-order valence-electron chi connectivity index (χ2n) is 5.68. The third-order valence-electron chi connectivity index (χ3n) is 3.91. The molecule has 0 aliphatic carbocycles. The van der Waals surface area contributed by atoms with Gasteiger partial charge < -0.3 is 4.57 Å². The molecule has 0 unspecified atom stereocenters. The van der Waals surface area contributed by atoms with Crippen molar-refractivity contribution in [2.24, 2.45) is 4.99 Å². The van der Waals surface area contributed by atoms with Crippen molar-refractivity contribution in [3.8, 4) is 0 Å². The zero-order valence-corrected chi connectivity index (χ0v) is 17.0. The van der Waals surface area contributed by atoms with Crippen molar-refractivity contribution in [1.29, 1.82) is 0 Å². The highest BCUT2D eigenvalue weighted by atomic mass is 32.2. The number of carbonyl (C=O) groups is 1. The summed E-state index contributed by atoms with van der Waals surface area (Å²) in [5.41, 5.74) is 1.30. The van der Waals surface area contributed by atoms with Crippen LogP contribution in [0.3, 0.4) is 0 Å². The number of hydrogen-bond donors (Lipinski definition) is 0. The SMILES string of the molecule is CCn1c(=NC(=O)c2cccc(S(C)(=O)=O)c2)sc2cc(SC)ccc21. The van der Waals surface area contributed by atoms with Crippen LogP contribution in [0, 0.1) is 0 Å². The van der Waals surface area contributed by atoms with Crippen LogP contribution in [0.15, 0.2) is 57.2 Å². The summed E-state index contributed by atoms with van der Waals surface area (Å²) < 4.78 is 26.5. The number of aromatic nitrogens is 1. The van der Waals surface area contributed by atoms with E-state index in [-0.39, 0.29) is 10.5 Å². The molecular weight excluding hydrogens is 388 g/mol. The van der Waals surface area contributed by atoms with E-state index in [0.717, 1.165) is 21.4 Å². The van der Waals surface area contributed by atoms with Gasteiger partial charge >= 0.3 is 0 Å². The molecule has 0 radical (unpaired) electrons. The smallest absolute Gasteiger partial charge is 0.279 e. The maximum Gasteiger partial charge on any atom is 0.279 e. The number of rotatable bonds is 4. The van der Waals surface area contributed by atoms with Gasteiger partial charge in [0.05, 0.1) is 15.1 Å². The molecule has 2 aromatic carbocycles. The Labute approximate surface area is 160 Å². The van der Waals surface area contributed by atoms with E-state index in [2.05, 4.69) is 11.1 Å². The summed E-state index contributed by atoms with van der Waals surface area (Å²) in [5.74, 6) is -0.450. The first-order valence-corrected chi connectivity index (χ1v) is 11.8. The molecule has 0 saturated carbocycles. The van der Waals surface area contributed by atoms with E-state index >= 15 is 0 Å². The number of fused-ring (bicyclic) bond motifs is 1. The van der Waals surface area contributed by atoms with Gasteiger partial charge in [0.2, 0.25) is 0 Å². The van der Waals surface area contributed by atoms with E-state index in [4.69, 9.17) is 0 Å². The van der Waals surface area contributed by atoms with Gasteiger partial charge in [0.15, 0.2) is 14.6 Å². The molecule has 0 aliphatic heterocycles. The van der Waals surface area contributed by atoms with Crippen LogP contribution in [0.1, 0.15) is 17.3 Å². The molecule has 0 aliphatic rings. The number of thioether (sulfide) groups is 1. The highest BCUT2D eigenvalue weighted by Gasteiger charge is 2.12. The molecule has 8 heteroatoms. The van der Waals surface area contributed by atoms with E-state index in [1.807, 2.05) is 29.9 Å². The summed E-state index contributed by atoms with van der Waals surface area (Å²) >= 11 is 3.12. The van der Waals surface area contributed by atoms with E-state index in [1.54, 1.807) is 23.9 Å². The molecule has 0 atom stereocenters. The number of benzene rings is 2. The van der Waals surface area contributed by atoms with Gasteiger partial charge in [0.1, 0.15) is 0 Å². The van der Waals surface area contributed by atoms with Gasteiger partial charge in [-0.05, 0) is 49.6 Å². The van der Waals surface area contributed by atoms with Crippen LogP contribution in [-0.2, 0) is 16.4 Å².